The zero-order valence-electron chi connectivity index (χ0n) is 10.2. The summed E-state index contributed by atoms with van der Waals surface area (Å²) in [4.78, 5) is 18.4. The predicted octanol–water partition coefficient (Wildman–Crippen LogP) is 2.42. The second-order valence-corrected chi connectivity index (χ2v) is 4.83. The number of hydrogen-bond donors (Lipinski definition) is 1. The molecule has 1 aliphatic rings. The summed E-state index contributed by atoms with van der Waals surface area (Å²) in [6.45, 7) is 0.686. The van der Waals surface area contributed by atoms with Crippen LogP contribution in [0.5, 0.6) is 0 Å². The van der Waals surface area contributed by atoms with Crippen LogP contribution < -0.4 is 0 Å². The fourth-order valence-electron chi connectivity index (χ4n) is 2.44. The number of piperidine rings is 1. The van der Waals surface area contributed by atoms with Crippen LogP contribution in [0, 0.1) is 0 Å². The Morgan fingerprint density at radius 2 is 2.42 bits per heavy atom. The van der Waals surface area contributed by atoms with Crippen molar-refractivity contribution in [3.8, 4) is 0 Å². The van der Waals surface area contributed by atoms with E-state index >= 15 is 0 Å². The molecule has 1 saturated heterocycles. The molecule has 1 N–H and O–H groups in total. The molecule has 0 aliphatic carbocycles. The number of nitrogens with zero attached hydrogens (tertiary/aromatic N) is 3. The van der Waals surface area contributed by atoms with E-state index in [1.807, 2.05) is 0 Å². The molecule has 0 radical (unpaired) electrons. The topological polar surface area (TPSA) is 75.0 Å². The number of carbonyl (C=O) groups is 1. The SMILES string of the molecule is O=C(c1ccoc1Cl)N1CCCCC1c1ncn[nH]1. The minimum atomic E-state index is -0.125. The lowest BCUT2D eigenvalue weighted by Gasteiger charge is -2.34. The van der Waals surface area contributed by atoms with Crippen LogP contribution in [-0.2, 0) is 0 Å². The highest BCUT2D eigenvalue weighted by molar-refractivity contribution is 6.32. The zero-order valence-corrected chi connectivity index (χ0v) is 10.9. The molecular formula is C12H13ClN4O2. The number of halogens is 1. The van der Waals surface area contributed by atoms with E-state index in [4.69, 9.17) is 16.0 Å². The maximum atomic E-state index is 12.5. The van der Waals surface area contributed by atoms with Gasteiger partial charge in [-0.2, -0.15) is 5.10 Å². The lowest BCUT2D eigenvalue weighted by molar-refractivity contribution is 0.0600. The van der Waals surface area contributed by atoms with Crippen LogP contribution in [0.4, 0.5) is 0 Å². The Morgan fingerprint density at radius 3 is 3.11 bits per heavy atom. The van der Waals surface area contributed by atoms with Crippen LogP contribution in [0.2, 0.25) is 5.22 Å². The van der Waals surface area contributed by atoms with Gasteiger partial charge in [0.05, 0.1) is 17.9 Å². The first-order valence-electron chi connectivity index (χ1n) is 6.16. The van der Waals surface area contributed by atoms with Crippen molar-refractivity contribution < 1.29 is 9.21 Å². The van der Waals surface area contributed by atoms with Gasteiger partial charge < -0.3 is 9.32 Å². The van der Waals surface area contributed by atoms with Crippen molar-refractivity contribution in [2.75, 3.05) is 6.54 Å². The van der Waals surface area contributed by atoms with Crippen molar-refractivity contribution in [2.24, 2.45) is 0 Å². The van der Waals surface area contributed by atoms with E-state index in [-0.39, 0.29) is 17.2 Å². The molecule has 1 amide bonds. The van der Waals surface area contributed by atoms with Crippen LogP contribution in [0.25, 0.3) is 0 Å². The van der Waals surface area contributed by atoms with E-state index in [1.165, 1.54) is 12.6 Å². The van der Waals surface area contributed by atoms with E-state index in [1.54, 1.807) is 11.0 Å². The molecule has 6 nitrogen and oxygen atoms in total. The van der Waals surface area contributed by atoms with Gasteiger partial charge in [0.15, 0.2) is 0 Å². The lowest BCUT2D eigenvalue weighted by atomic mass is 10.0. The normalized spacial score (nSPS) is 19.6. The Kier molecular flexibility index (Phi) is 3.25. The van der Waals surface area contributed by atoms with Crippen molar-refractivity contribution >= 4 is 17.5 Å². The number of rotatable bonds is 2. The van der Waals surface area contributed by atoms with Crippen molar-refractivity contribution in [2.45, 2.75) is 25.3 Å². The van der Waals surface area contributed by atoms with Crippen molar-refractivity contribution in [3.05, 3.63) is 35.3 Å². The van der Waals surface area contributed by atoms with E-state index in [9.17, 15) is 4.79 Å². The summed E-state index contributed by atoms with van der Waals surface area (Å²) in [6, 6.07) is 1.52. The second-order valence-electron chi connectivity index (χ2n) is 4.49. The molecule has 2 aromatic rings. The number of likely N-dealkylation sites (tertiary alicyclic amines) is 1. The Labute approximate surface area is 114 Å². The molecule has 0 spiro atoms. The molecule has 7 heteroatoms. The molecule has 2 aromatic heterocycles. The van der Waals surface area contributed by atoms with Crippen LogP contribution in [0.15, 0.2) is 23.1 Å². The molecule has 3 heterocycles. The van der Waals surface area contributed by atoms with Gasteiger partial charge in [-0.15, -0.1) is 0 Å². The third-order valence-corrected chi connectivity index (χ3v) is 3.65. The molecule has 0 saturated carbocycles. The molecular weight excluding hydrogens is 268 g/mol. The smallest absolute Gasteiger partial charge is 0.259 e. The Balaban J connectivity index is 1.89. The lowest BCUT2D eigenvalue weighted by Crippen LogP contribution is -2.39. The van der Waals surface area contributed by atoms with E-state index in [2.05, 4.69) is 15.2 Å². The first-order chi connectivity index (χ1) is 9.27. The third-order valence-electron chi connectivity index (χ3n) is 3.36. The van der Waals surface area contributed by atoms with Gasteiger partial charge in [-0.3, -0.25) is 9.89 Å². The maximum Gasteiger partial charge on any atom is 0.259 e. The van der Waals surface area contributed by atoms with Gasteiger partial charge in [0.2, 0.25) is 5.22 Å². The van der Waals surface area contributed by atoms with Crippen molar-refractivity contribution in [1.82, 2.24) is 20.1 Å². The average molecular weight is 281 g/mol. The molecule has 0 aromatic carbocycles. The van der Waals surface area contributed by atoms with E-state index in [0.29, 0.717) is 17.9 Å². The minimum Gasteiger partial charge on any atom is -0.452 e. The Bertz CT molecular complexity index is 566. The summed E-state index contributed by atoms with van der Waals surface area (Å²) in [7, 11) is 0. The molecule has 0 bridgehead atoms. The van der Waals surface area contributed by atoms with Gasteiger partial charge in [-0.05, 0) is 36.9 Å². The summed E-state index contributed by atoms with van der Waals surface area (Å²) < 4.78 is 4.98. The van der Waals surface area contributed by atoms with Gasteiger partial charge in [0, 0.05) is 6.54 Å². The summed E-state index contributed by atoms with van der Waals surface area (Å²) in [5.41, 5.74) is 0.396. The molecule has 1 fully saturated rings. The Morgan fingerprint density at radius 1 is 1.53 bits per heavy atom. The van der Waals surface area contributed by atoms with Gasteiger partial charge in [-0.1, -0.05) is 0 Å². The number of aromatic amines is 1. The first kappa shape index (κ1) is 12.2. The summed E-state index contributed by atoms with van der Waals surface area (Å²) in [5, 5.41) is 6.82. The molecule has 1 unspecified atom stereocenters. The minimum absolute atomic E-state index is 0.0743. The summed E-state index contributed by atoms with van der Waals surface area (Å²) in [6.07, 6.45) is 5.79. The largest absolute Gasteiger partial charge is 0.452 e. The number of nitrogens with one attached hydrogen (secondary N) is 1. The monoisotopic (exact) mass is 280 g/mol. The standard InChI is InChI=1S/C12H13ClN4O2/c13-10-8(4-6-19-10)12(18)17-5-2-1-3-9(17)11-14-7-15-16-11/h4,6-7,9H,1-3,5H2,(H,14,15,16). The van der Waals surface area contributed by atoms with Crippen LogP contribution >= 0.6 is 11.6 Å². The highest BCUT2D eigenvalue weighted by Crippen LogP contribution is 2.31. The molecule has 1 aliphatic heterocycles. The predicted molar refractivity (Wildman–Crippen MR) is 67.7 cm³/mol. The van der Waals surface area contributed by atoms with Gasteiger partial charge in [0.25, 0.3) is 5.91 Å². The molecule has 1 atom stereocenters. The van der Waals surface area contributed by atoms with E-state index < -0.39 is 0 Å². The van der Waals surface area contributed by atoms with Gasteiger partial charge >= 0.3 is 0 Å². The molecule has 3 rings (SSSR count). The molecule has 19 heavy (non-hydrogen) atoms. The number of aromatic nitrogens is 3. The summed E-state index contributed by atoms with van der Waals surface area (Å²) >= 11 is 5.88. The van der Waals surface area contributed by atoms with Crippen molar-refractivity contribution in [1.29, 1.82) is 0 Å². The van der Waals surface area contributed by atoms with Crippen LogP contribution in [-0.4, -0.2) is 32.5 Å². The third kappa shape index (κ3) is 2.23. The number of furan rings is 1. The fraction of sp³-hybridized carbons (Fsp3) is 0.417. The average Bonchev–Trinajstić information content (AvgIpc) is 3.09. The molecule has 100 valence electrons. The fourth-order valence-corrected chi connectivity index (χ4v) is 2.63. The number of carbonyl (C=O) groups excluding carboxylic acids is 1. The van der Waals surface area contributed by atoms with Crippen LogP contribution in [0.3, 0.4) is 0 Å². The van der Waals surface area contributed by atoms with Crippen molar-refractivity contribution in [3.63, 3.8) is 0 Å². The number of amides is 1. The second kappa shape index (κ2) is 5.05. The maximum absolute atomic E-state index is 12.5. The number of hydrogen-bond acceptors (Lipinski definition) is 4. The quantitative estimate of drug-likeness (QED) is 0.917. The van der Waals surface area contributed by atoms with Gasteiger partial charge in [0.1, 0.15) is 12.2 Å². The summed E-state index contributed by atoms with van der Waals surface area (Å²) in [5.74, 6) is 0.590. The highest BCUT2D eigenvalue weighted by Gasteiger charge is 2.31. The Hall–Kier alpha value is -1.82. The van der Waals surface area contributed by atoms with Gasteiger partial charge in [-0.25, -0.2) is 4.98 Å². The first-order valence-corrected chi connectivity index (χ1v) is 6.54. The number of H-pyrrole nitrogens is 1. The van der Waals surface area contributed by atoms with E-state index in [0.717, 1.165) is 19.3 Å². The highest BCUT2D eigenvalue weighted by atomic mass is 35.5. The zero-order chi connectivity index (χ0) is 13.2. The van der Waals surface area contributed by atoms with Crippen LogP contribution in [0.1, 0.15) is 41.5 Å².